The average molecular weight is 191 g/mol. The van der Waals surface area contributed by atoms with Crippen LogP contribution >= 0.6 is 0 Å². The van der Waals surface area contributed by atoms with E-state index < -0.39 is 0 Å². The predicted molar refractivity (Wildman–Crippen MR) is 54.7 cm³/mol. The van der Waals surface area contributed by atoms with E-state index in [4.69, 9.17) is 10.8 Å². The van der Waals surface area contributed by atoms with Crippen molar-refractivity contribution in [3.05, 3.63) is 30.1 Å². The van der Waals surface area contributed by atoms with Gasteiger partial charge in [0, 0.05) is 7.05 Å². The summed E-state index contributed by atoms with van der Waals surface area (Å²) in [7, 11) is 1.93. The third-order valence-electron chi connectivity index (χ3n) is 2.37. The van der Waals surface area contributed by atoms with Crippen LogP contribution in [0.4, 0.5) is 0 Å². The molecule has 1 aromatic carbocycles. The number of benzene rings is 1. The number of hydrogen-bond acceptors (Lipinski definition) is 3. The van der Waals surface area contributed by atoms with Gasteiger partial charge in [-0.1, -0.05) is 6.07 Å². The Labute approximate surface area is 82.0 Å². The van der Waals surface area contributed by atoms with Gasteiger partial charge in [-0.15, -0.1) is 0 Å². The van der Waals surface area contributed by atoms with E-state index in [2.05, 4.69) is 4.98 Å². The van der Waals surface area contributed by atoms with Gasteiger partial charge < -0.3 is 15.4 Å². The number of aliphatic hydroxyl groups is 1. The van der Waals surface area contributed by atoms with Crippen molar-refractivity contribution < 1.29 is 5.11 Å². The number of aryl methyl sites for hydroxylation is 1. The molecule has 1 heterocycles. The number of aromatic nitrogens is 2. The van der Waals surface area contributed by atoms with E-state index >= 15 is 0 Å². The summed E-state index contributed by atoms with van der Waals surface area (Å²) >= 11 is 0. The highest BCUT2D eigenvalue weighted by atomic mass is 16.3. The molecule has 0 saturated carbocycles. The van der Waals surface area contributed by atoms with Gasteiger partial charge in [0.05, 0.1) is 30.0 Å². The second-order valence-electron chi connectivity index (χ2n) is 3.39. The Balaban J connectivity index is 2.54. The first-order chi connectivity index (χ1) is 6.72. The van der Waals surface area contributed by atoms with Crippen molar-refractivity contribution in [1.82, 2.24) is 9.55 Å². The lowest BCUT2D eigenvalue weighted by molar-refractivity contribution is 0.268. The summed E-state index contributed by atoms with van der Waals surface area (Å²) in [6.07, 6.45) is 1.76. The van der Waals surface area contributed by atoms with E-state index in [9.17, 15) is 0 Å². The van der Waals surface area contributed by atoms with Crippen LogP contribution in [0.15, 0.2) is 24.5 Å². The zero-order valence-corrected chi connectivity index (χ0v) is 8.01. The molecule has 0 amide bonds. The minimum Gasteiger partial charge on any atom is -0.394 e. The number of rotatable bonds is 2. The largest absolute Gasteiger partial charge is 0.394 e. The molecule has 0 aliphatic rings. The van der Waals surface area contributed by atoms with Gasteiger partial charge in [-0.25, -0.2) is 4.98 Å². The maximum absolute atomic E-state index is 8.93. The number of nitrogens with two attached hydrogens (primary N) is 1. The summed E-state index contributed by atoms with van der Waals surface area (Å²) in [5, 5.41) is 8.93. The zero-order chi connectivity index (χ0) is 10.1. The van der Waals surface area contributed by atoms with E-state index in [1.165, 1.54) is 0 Å². The molecule has 1 atom stereocenters. The Morgan fingerprint density at radius 2 is 2.36 bits per heavy atom. The molecule has 0 bridgehead atoms. The Kier molecular flexibility index (Phi) is 2.23. The monoisotopic (exact) mass is 191 g/mol. The Bertz CT molecular complexity index is 450. The molecule has 0 fully saturated rings. The molecule has 0 spiro atoms. The third-order valence-corrected chi connectivity index (χ3v) is 2.37. The second-order valence-corrected chi connectivity index (χ2v) is 3.39. The van der Waals surface area contributed by atoms with Crippen molar-refractivity contribution >= 4 is 11.0 Å². The highest BCUT2D eigenvalue weighted by molar-refractivity contribution is 5.76. The Morgan fingerprint density at radius 3 is 3.07 bits per heavy atom. The first-order valence-electron chi connectivity index (χ1n) is 4.50. The lowest BCUT2D eigenvalue weighted by Gasteiger charge is -2.08. The molecule has 0 aliphatic heterocycles. The van der Waals surface area contributed by atoms with Gasteiger partial charge in [0.1, 0.15) is 0 Å². The fourth-order valence-corrected chi connectivity index (χ4v) is 1.48. The van der Waals surface area contributed by atoms with Gasteiger partial charge in [-0.2, -0.15) is 0 Å². The Morgan fingerprint density at radius 1 is 1.57 bits per heavy atom. The van der Waals surface area contributed by atoms with Crippen molar-refractivity contribution in [1.29, 1.82) is 0 Å². The van der Waals surface area contributed by atoms with E-state index in [0.29, 0.717) is 0 Å². The molecule has 4 nitrogen and oxygen atoms in total. The molecule has 74 valence electrons. The van der Waals surface area contributed by atoms with Crippen LogP contribution in [0.2, 0.25) is 0 Å². The number of aliphatic hydroxyl groups excluding tert-OH is 1. The molecular formula is C10H13N3O. The molecule has 0 radical (unpaired) electrons. The van der Waals surface area contributed by atoms with Gasteiger partial charge in [0.15, 0.2) is 0 Å². The molecule has 2 rings (SSSR count). The van der Waals surface area contributed by atoms with Crippen molar-refractivity contribution in [3.8, 4) is 0 Å². The topological polar surface area (TPSA) is 64.1 Å². The van der Waals surface area contributed by atoms with E-state index in [0.717, 1.165) is 16.6 Å². The van der Waals surface area contributed by atoms with Crippen LogP contribution in [0, 0.1) is 0 Å². The molecule has 3 N–H and O–H groups in total. The molecule has 2 aromatic rings. The molecule has 1 aromatic heterocycles. The highest BCUT2D eigenvalue weighted by Gasteiger charge is 2.06. The zero-order valence-electron chi connectivity index (χ0n) is 8.01. The van der Waals surface area contributed by atoms with E-state index in [-0.39, 0.29) is 12.6 Å². The SMILES string of the molecule is Cn1cnc2ccc(C(N)CO)cc21. The molecular weight excluding hydrogens is 178 g/mol. The Hall–Kier alpha value is -1.39. The lowest BCUT2D eigenvalue weighted by Crippen LogP contribution is -2.14. The highest BCUT2D eigenvalue weighted by Crippen LogP contribution is 2.17. The predicted octanol–water partition coefficient (Wildman–Crippen LogP) is 0.565. The van der Waals surface area contributed by atoms with E-state index in [1.54, 1.807) is 6.33 Å². The van der Waals surface area contributed by atoms with Crippen LogP contribution < -0.4 is 5.73 Å². The van der Waals surface area contributed by atoms with Gasteiger partial charge in [0.2, 0.25) is 0 Å². The number of fused-ring (bicyclic) bond motifs is 1. The summed E-state index contributed by atoms with van der Waals surface area (Å²) in [5.74, 6) is 0. The second kappa shape index (κ2) is 3.40. The molecule has 0 aliphatic carbocycles. The first-order valence-corrected chi connectivity index (χ1v) is 4.50. The third kappa shape index (κ3) is 1.38. The van der Waals surface area contributed by atoms with Gasteiger partial charge in [-0.3, -0.25) is 0 Å². The van der Waals surface area contributed by atoms with Crippen LogP contribution in [0.3, 0.4) is 0 Å². The van der Waals surface area contributed by atoms with Crippen LogP contribution in [-0.2, 0) is 7.05 Å². The number of imidazole rings is 1. The fraction of sp³-hybridized carbons (Fsp3) is 0.300. The maximum Gasteiger partial charge on any atom is 0.0955 e. The van der Waals surface area contributed by atoms with Crippen molar-refractivity contribution in [2.24, 2.45) is 12.8 Å². The quantitative estimate of drug-likeness (QED) is 0.729. The van der Waals surface area contributed by atoms with Crippen molar-refractivity contribution in [2.45, 2.75) is 6.04 Å². The molecule has 1 unspecified atom stereocenters. The summed E-state index contributed by atoms with van der Waals surface area (Å²) in [4.78, 5) is 4.20. The minimum absolute atomic E-state index is 0.0383. The van der Waals surface area contributed by atoms with Crippen LogP contribution in [0.25, 0.3) is 11.0 Å². The summed E-state index contributed by atoms with van der Waals surface area (Å²) < 4.78 is 1.93. The molecule has 4 heteroatoms. The summed E-state index contributed by atoms with van der Waals surface area (Å²) in [5.41, 5.74) is 8.64. The van der Waals surface area contributed by atoms with Crippen molar-refractivity contribution in [2.75, 3.05) is 6.61 Å². The standard InChI is InChI=1S/C10H13N3O/c1-13-6-12-9-3-2-7(4-10(9)13)8(11)5-14/h2-4,6,8,14H,5,11H2,1H3. The van der Waals surface area contributed by atoms with Crippen LogP contribution in [-0.4, -0.2) is 21.3 Å². The summed E-state index contributed by atoms with van der Waals surface area (Å²) in [6, 6.07) is 5.47. The van der Waals surface area contributed by atoms with E-state index in [1.807, 2.05) is 29.8 Å². The maximum atomic E-state index is 8.93. The smallest absolute Gasteiger partial charge is 0.0955 e. The number of nitrogens with zero attached hydrogens (tertiary/aromatic N) is 2. The van der Waals surface area contributed by atoms with Crippen LogP contribution in [0.5, 0.6) is 0 Å². The summed E-state index contributed by atoms with van der Waals surface area (Å²) in [6.45, 7) is -0.0383. The normalized spacial score (nSPS) is 13.4. The van der Waals surface area contributed by atoms with Crippen LogP contribution in [0.1, 0.15) is 11.6 Å². The first kappa shape index (κ1) is 9.18. The van der Waals surface area contributed by atoms with Gasteiger partial charge >= 0.3 is 0 Å². The average Bonchev–Trinajstić information content (AvgIpc) is 2.59. The molecule has 14 heavy (non-hydrogen) atoms. The fourth-order valence-electron chi connectivity index (χ4n) is 1.48. The number of hydrogen-bond donors (Lipinski definition) is 2. The lowest BCUT2D eigenvalue weighted by atomic mass is 10.1. The van der Waals surface area contributed by atoms with Gasteiger partial charge in [0.25, 0.3) is 0 Å². The van der Waals surface area contributed by atoms with Gasteiger partial charge in [-0.05, 0) is 17.7 Å². The minimum atomic E-state index is -0.311. The molecule has 0 saturated heterocycles. The van der Waals surface area contributed by atoms with Crippen molar-refractivity contribution in [3.63, 3.8) is 0 Å².